The summed E-state index contributed by atoms with van der Waals surface area (Å²) in [5, 5.41) is 3.71. The molecule has 1 aromatic carbocycles. The maximum absolute atomic E-state index is 5.75. The molecule has 1 aliphatic carbocycles. The SMILES string of the molecule is CCCCCOc1ccc(CNC2CCCC(C)C2)cc1. The third-order valence-corrected chi connectivity index (χ3v) is 4.47. The summed E-state index contributed by atoms with van der Waals surface area (Å²) in [6.45, 7) is 6.41. The summed E-state index contributed by atoms with van der Waals surface area (Å²) in [7, 11) is 0. The van der Waals surface area contributed by atoms with Crippen molar-refractivity contribution >= 4 is 0 Å². The van der Waals surface area contributed by atoms with Crippen molar-refractivity contribution in [3.63, 3.8) is 0 Å². The molecule has 0 aromatic heterocycles. The standard InChI is InChI=1S/C19H31NO/c1-3-4-5-13-21-19-11-9-17(10-12-19)15-20-18-8-6-7-16(2)14-18/h9-12,16,18,20H,3-8,13-15H2,1-2H3. The maximum atomic E-state index is 5.75. The lowest BCUT2D eigenvalue weighted by Crippen LogP contribution is -2.33. The van der Waals surface area contributed by atoms with Gasteiger partial charge in [0.15, 0.2) is 0 Å². The molecule has 0 bridgehead atoms. The molecule has 0 saturated heterocycles. The van der Waals surface area contributed by atoms with E-state index in [1.807, 2.05) is 0 Å². The van der Waals surface area contributed by atoms with Crippen LogP contribution in [0.4, 0.5) is 0 Å². The highest BCUT2D eigenvalue weighted by Gasteiger charge is 2.17. The van der Waals surface area contributed by atoms with E-state index in [-0.39, 0.29) is 0 Å². The molecule has 0 amide bonds. The lowest BCUT2D eigenvalue weighted by Gasteiger charge is -2.27. The second-order valence-electron chi connectivity index (χ2n) is 6.55. The largest absolute Gasteiger partial charge is 0.494 e. The van der Waals surface area contributed by atoms with Crippen molar-refractivity contribution in [1.82, 2.24) is 5.32 Å². The lowest BCUT2D eigenvalue weighted by molar-refractivity contribution is 0.300. The number of benzene rings is 1. The first kappa shape index (κ1) is 16.4. The van der Waals surface area contributed by atoms with E-state index in [1.54, 1.807) is 0 Å². The second-order valence-corrected chi connectivity index (χ2v) is 6.55. The van der Waals surface area contributed by atoms with E-state index >= 15 is 0 Å². The Morgan fingerprint density at radius 3 is 2.67 bits per heavy atom. The van der Waals surface area contributed by atoms with Gasteiger partial charge >= 0.3 is 0 Å². The van der Waals surface area contributed by atoms with Gasteiger partial charge in [0, 0.05) is 12.6 Å². The van der Waals surface area contributed by atoms with Crippen molar-refractivity contribution in [3.05, 3.63) is 29.8 Å². The molecule has 118 valence electrons. The molecule has 1 N–H and O–H groups in total. The lowest BCUT2D eigenvalue weighted by atomic mass is 9.87. The topological polar surface area (TPSA) is 21.3 Å². The van der Waals surface area contributed by atoms with Crippen LogP contribution in [0.5, 0.6) is 5.75 Å². The van der Waals surface area contributed by atoms with Crippen molar-refractivity contribution in [2.75, 3.05) is 6.61 Å². The maximum Gasteiger partial charge on any atom is 0.119 e. The Kier molecular flexibility index (Phi) is 7.08. The highest BCUT2D eigenvalue weighted by Crippen LogP contribution is 2.23. The molecule has 0 spiro atoms. The highest BCUT2D eigenvalue weighted by molar-refractivity contribution is 5.27. The first-order chi connectivity index (χ1) is 10.3. The van der Waals surface area contributed by atoms with E-state index in [0.717, 1.165) is 31.2 Å². The molecule has 2 rings (SSSR count). The summed E-state index contributed by atoms with van der Waals surface area (Å²) in [5.74, 6) is 1.89. The van der Waals surface area contributed by atoms with Crippen LogP contribution in [-0.4, -0.2) is 12.6 Å². The van der Waals surface area contributed by atoms with Crippen LogP contribution in [-0.2, 0) is 6.54 Å². The molecule has 0 heterocycles. The first-order valence-electron chi connectivity index (χ1n) is 8.73. The van der Waals surface area contributed by atoms with E-state index in [9.17, 15) is 0 Å². The van der Waals surface area contributed by atoms with Crippen molar-refractivity contribution in [3.8, 4) is 5.75 Å². The third kappa shape index (κ3) is 6.09. The molecule has 1 fully saturated rings. The van der Waals surface area contributed by atoms with Gasteiger partial charge in [-0.2, -0.15) is 0 Å². The fourth-order valence-electron chi connectivity index (χ4n) is 3.13. The van der Waals surface area contributed by atoms with E-state index in [1.165, 1.54) is 44.1 Å². The summed E-state index contributed by atoms with van der Waals surface area (Å²) in [5.41, 5.74) is 1.36. The van der Waals surface area contributed by atoms with Crippen LogP contribution in [0.15, 0.2) is 24.3 Å². The van der Waals surface area contributed by atoms with Crippen molar-refractivity contribution < 1.29 is 4.74 Å². The highest BCUT2D eigenvalue weighted by atomic mass is 16.5. The van der Waals surface area contributed by atoms with Crippen molar-refractivity contribution in [2.24, 2.45) is 5.92 Å². The summed E-state index contributed by atoms with van der Waals surface area (Å²) in [6, 6.07) is 9.29. The number of unbranched alkanes of at least 4 members (excludes halogenated alkanes) is 2. The molecule has 1 saturated carbocycles. The first-order valence-corrected chi connectivity index (χ1v) is 8.73. The molecule has 1 aromatic rings. The van der Waals surface area contributed by atoms with Crippen LogP contribution in [0, 0.1) is 5.92 Å². The van der Waals surface area contributed by atoms with Crippen LogP contribution >= 0.6 is 0 Å². The van der Waals surface area contributed by atoms with E-state index < -0.39 is 0 Å². The molecule has 2 unspecified atom stereocenters. The van der Waals surface area contributed by atoms with Gasteiger partial charge in [0.25, 0.3) is 0 Å². The summed E-state index contributed by atoms with van der Waals surface area (Å²) >= 11 is 0. The van der Waals surface area contributed by atoms with Gasteiger partial charge in [-0.1, -0.05) is 51.7 Å². The average Bonchev–Trinajstić information content (AvgIpc) is 2.51. The van der Waals surface area contributed by atoms with E-state index in [0.29, 0.717) is 6.04 Å². The Morgan fingerprint density at radius 2 is 1.95 bits per heavy atom. The van der Waals surface area contributed by atoms with Gasteiger partial charge in [0.2, 0.25) is 0 Å². The van der Waals surface area contributed by atoms with Gasteiger partial charge < -0.3 is 10.1 Å². The summed E-state index contributed by atoms with van der Waals surface area (Å²) in [6.07, 6.45) is 9.10. The molecule has 0 radical (unpaired) electrons. The zero-order valence-electron chi connectivity index (χ0n) is 13.7. The van der Waals surface area contributed by atoms with Gasteiger partial charge in [-0.25, -0.2) is 0 Å². The van der Waals surface area contributed by atoms with Crippen molar-refractivity contribution in [2.45, 2.75) is 71.4 Å². The minimum Gasteiger partial charge on any atom is -0.494 e. The fraction of sp³-hybridized carbons (Fsp3) is 0.684. The van der Waals surface area contributed by atoms with Gasteiger partial charge in [0.1, 0.15) is 5.75 Å². The Balaban J connectivity index is 1.69. The molecule has 2 nitrogen and oxygen atoms in total. The molecule has 21 heavy (non-hydrogen) atoms. The molecule has 2 heteroatoms. The van der Waals surface area contributed by atoms with Crippen molar-refractivity contribution in [1.29, 1.82) is 0 Å². The molecule has 2 atom stereocenters. The summed E-state index contributed by atoms with van der Waals surface area (Å²) in [4.78, 5) is 0. The van der Waals surface area contributed by atoms with Crippen LogP contribution in [0.1, 0.15) is 64.4 Å². The monoisotopic (exact) mass is 289 g/mol. The minimum absolute atomic E-state index is 0.707. The second kappa shape index (κ2) is 9.09. The number of nitrogens with one attached hydrogen (secondary N) is 1. The Hall–Kier alpha value is -1.02. The smallest absolute Gasteiger partial charge is 0.119 e. The normalized spacial score (nSPS) is 22.2. The molecule has 1 aliphatic rings. The van der Waals surface area contributed by atoms with Crippen LogP contribution in [0.2, 0.25) is 0 Å². The predicted octanol–water partition coefficient (Wildman–Crippen LogP) is 4.92. The number of ether oxygens (including phenoxy) is 1. The Morgan fingerprint density at radius 1 is 1.14 bits per heavy atom. The fourth-order valence-corrected chi connectivity index (χ4v) is 3.13. The van der Waals surface area contributed by atoms with Gasteiger partial charge in [-0.05, 0) is 42.9 Å². The summed E-state index contributed by atoms with van der Waals surface area (Å²) < 4.78 is 5.75. The Bertz CT molecular complexity index is 387. The van der Waals surface area contributed by atoms with E-state index in [2.05, 4.69) is 43.4 Å². The van der Waals surface area contributed by atoms with Gasteiger partial charge in [-0.15, -0.1) is 0 Å². The van der Waals surface area contributed by atoms with Gasteiger partial charge in [-0.3, -0.25) is 0 Å². The van der Waals surface area contributed by atoms with E-state index in [4.69, 9.17) is 4.74 Å². The predicted molar refractivity (Wildman–Crippen MR) is 89.7 cm³/mol. The van der Waals surface area contributed by atoms with Crippen LogP contribution < -0.4 is 10.1 Å². The number of hydrogen-bond donors (Lipinski definition) is 1. The zero-order valence-corrected chi connectivity index (χ0v) is 13.7. The minimum atomic E-state index is 0.707. The van der Waals surface area contributed by atoms with Crippen LogP contribution in [0.3, 0.4) is 0 Å². The molecule has 0 aliphatic heterocycles. The molecular formula is C19H31NO. The number of hydrogen-bond acceptors (Lipinski definition) is 2. The average molecular weight is 289 g/mol. The quantitative estimate of drug-likeness (QED) is 0.686. The third-order valence-electron chi connectivity index (χ3n) is 4.47. The molecular weight excluding hydrogens is 258 g/mol. The zero-order chi connectivity index (χ0) is 14.9. The van der Waals surface area contributed by atoms with Crippen LogP contribution in [0.25, 0.3) is 0 Å². The Labute approximate surface area is 130 Å². The number of rotatable bonds is 8. The van der Waals surface area contributed by atoms with Gasteiger partial charge in [0.05, 0.1) is 6.61 Å².